The van der Waals surface area contributed by atoms with Crippen LogP contribution in [0.1, 0.15) is 35.1 Å². The van der Waals surface area contributed by atoms with Crippen LogP contribution >= 0.6 is 35.3 Å². The Morgan fingerprint density at radius 3 is 2.68 bits per heavy atom. The highest BCUT2D eigenvalue weighted by molar-refractivity contribution is 14.0. The first-order valence-electron chi connectivity index (χ1n) is 9.28. The average molecular weight is 510 g/mol. The third-order valence-corrected chi connectivity index (χ3v) is 5.22. The Kier molecular flexibility index (Phi) is 9.42. The Labute approximate surface area is 187 Å². The molecule has 0 aliphatic rings. The second-order valence-electron chi connectivity index (χ2n) is 6.08. The first-order valence-corrected chi connectivity index (χ1v) is 10.1. The number of thiazole rings is 1. The van der Waals surface area contributed by atoms with E-state index in [9.17, 15) is 0 Å². The molecule has 3 aromatic rings. The maximum atomic E-state index is 4.69. The predicted molar refractivity (Wildman–Crippen MR) is 126 cm³/mol. The second-order valence-corrected chi connectivity index (χ2v) is 7.28. The highest BCUT2D eigenvalue weighted by atomic mass is 127. The molecule has 8 heteroatoms. The Bertz CT molecular complexity index is 858. The van der Waals surface area contributed by atoms with Gasteiger partial charge in [0.1, 0.15) is 17.4 Å². The fraction of sp³-hybridized carbons (Fsp3) is 0.350. The van der Waals surface area contributed by atoms with Gasteiger partial charge in [-0.05, 0) is 18.9 Å². The summed E-state index contributed by atoms with van der Waals surface area (Å²) in [7, 11) is 0. The zero-order chi connectivity index (χ0) is 18.9. The quantitative estimate of drug-likeness (QED) is 0.275. The van der Waals surface area contributed by atoms with Gasteiger partial charge in [0.2, 0.25) is 0 Å². The van der Waals surface area contributed by atoms with Crippen molar-refractivity contribution in [2.45, 2.75) is 39.9 Å². The number of guanidine groups is 1. The molecule has 0 spiro atoms. The monoisotopic (exact) mass is 510 g/mol. The molecule has 2 heterocycles. The third kappa shape index (κ3) is 6.59. The molecule has 2 aromatic heterocycles. The van der Waals surface area contributed by atoms with Gasteiger partial charge in [-0.3, -0.25) is 0 Å². The normalized spacial score (nSPS) is 11.1. The Morgan fingerprint density at radius 1 is 1.14 bits per heavy atom. The number of hydrogen-bond acceptors (Lipinski definition) is 4. The van der Waals surface area contributed by atoms with Crippen LogP contribution in [0.25, 0.3) is 0 Å². The molecule has 3 rings (SSSR count). The molecule has 0 amide bonds. The van der Waals surface area contributed by atoms with Crippen LogP contribution in [0.2, 0.25) is 0 Å². The van der Waals surface area contributed by atoms with Gasteiger partial charge >= 0.3 is 0 Å². The van der Waals surface area contributed by atoms with Crippen molar-refractivity contribution >= 4 is 41.3 Å². The lowest BCUT2D eigenvalue weighted by atomic mass is 10.2. The van der Waals surface area contributed by atoms with E-state index in [0.717, 1.165) is 36.3 Å². The topological polar surface area (TPSA) is 67.1 Å². The molecule has 0 aliphatic heterocycles. The van der Waals surface area contributed by atoms with Crippen LogP contribution in [0.4, 0.5) is 0 Å². The fourth-order valence-electron chi connectivity index (χ4n) is 2.66. The molecular formula is C20H27IN6S. The summed E-state index contributed by atoms with van der Waals surface area (Å²) >= 11 is 1.74. The summed E-state index contributed by atoms with van der Waals surface area (Å²) in [4.78, 5) is 14.9. The molecule has 2 N–H and O–H groups in total. The Morgan fingerprint density at radius 2 is 1.96 bits per heavy atom. The van der Waals surface area contributed by atoms with E-state index in [2.05, 4.69) is 68.3 Å². The molecule has 0 bridgehead atoms. The molecule has 150 valence electrons. The zero-order valence-corrected chi connectivity index (χ0v) is 19.4. The van der Waals surface area contributed by atoms with Crippen LogP contribution in [0, 0.1) is 0 Å². The summed E-state index contributed by atoms with van der Waals surface area (Å²) in [5, 5.41) is 7.71. The van der Waals surface area contributed by atoms with Gasteiger partial charge in [0, 0.05) is 36.6 Å². The van der Waals surface area contributed by atoms with E-state index in [-0.39, 0.29) is 24.0 Å². The molecule has 0 fully saturated rings. The molecular weight excluding hydrogens is 483 g/mol. The van der Waals surface area contributed by atoms with Crippen molar-refractivity contribution in [3.63, 3.8) is 0 Å². The standard InChI is InChI=1S/C20H26N6S.HI/c1-3-17-12-23-19(27-17)14-25-20(21-4-2)24-13-18-22-10-11-26(18)15-16-8-6-5-7-9-16;/h5-12H,3-4,13-15H2,1-2H3,(H2,21,24,25);1H. The van der Waals surface area contributed by atoms with Gasteiger partial charge in [-0.2, -0.15) is 0 Å². The van der Waals surface area contributed by atoms with Gasteiger partial charge < -0.3 is 15.2 Å². The van der Waals surface area contributed by atoms with Crippen molar-refractivity contribution in [2.75, 3.05) is 6.54 Å². The van der Waals surface area contributed by atoms with Gasteiger partial charge in [0.25, 0.3) is 0 Å². The average Bonchev–Trinajstić information content (AvgIpc) is 3.34. The molecule has 0 saturated heterocycles. The Hall–Kier alpha value is -1.94. The van der Waals surface area contributed by atoms with Crippen molar-refractivity contribution < 1.29 is 0 Å². The smallest absolute Gasteiger partial charge is 0.192 e. The van der Waals surface area contributed by atoms with Crippen molar-refractivity contribution in [2.24, 2.45) is 4.99 Å². The van der Waals surface area contributed by atoms with Crippen LogP contribution in [0.15, 0.2) is 53.9 Å². The lowest BCUT2D eigenvalue weighted by molar-refractivity contribution is 0.716. The predicted octanol–water partition coefficient (Wildman–Crippen LogP) is 3.82. The van der Waals surface area contributed by atoms with E-state index in [1.165, 1.54) is 10.4 Å². The maximum Gasteiger partial charge on any atom is 0.192 e. The van der Waals surface area contributed by atoms with E-state index in [1.807, 2.05) is 24.7 Å². The van der Waals surface area contributed by atoms with Crippen LogP contribution in [0.3, 0.4) is 0 Å². The second kappa shape index (κ2) is 11.8. The maximum absolute atomic E-state index is 4.69. The molecule has 0 aliphatic carbocycles. The van der Waals surface area contributed by atoms with Crippen molar-refractivity contribution in [1.82, 2.24) is 25.2 Å². The van der Waals surface area contributed by atoms with Gasteiger partial charge in [-0.15, -0.1) is 35.3 Å². The first-order chi connectivity index (χ1) is 13.3. The highest BCUT2D eigenvalue weighted by Crippen LogP contribution is 2.12. The number of aromatic nitrogens is 3. The minimum Gasteiger partial charge on any atom is -0.357 e. The van der Waals surface area contributed by atoms with Gasteiger partial charge in [-0.25, -0.2) is 15.0 Å². The van der Waals surface area contributed by atoms with E-state index in [0.29, 0.717) is 13.1 Å². The number of aliphatic imine (C=N–C) groups is 1. The van der Waals surface area contributed by atoms with Crippen LogP contribution < -0.4 is 10.6 Å². The minimum absolute atomic E-state index is 0. The minimum atomic E-state index is 0. The number of hydrogen-bond donors (Lipinski definition) is 2. The summed E-state index contributed by atoms with van der Waals surface area (Å²) < 4.78 is 2.14. The summed E-state index contributed by atoms with van der Waals surface area (Å²) in [5.41, 5.74) is 1.25. The number of nitrogens with one attached hydrogen (secondary N) is 2. The molecule has 0 radical (unpaired) electrons. The van der Waals surface area contributed by atoms with Crippen LogP contribution in [0.5, 0.6) is 0 Å². The van der Waals surface area contributed by atoms with Gasteiger partial charge in [0.15, 0.2) is 5.96 Å². The van der Waals surface area contributed by atoms with E-state index >= 15 is 0 Å². The first kappa shape index (κ1) is 22.4. The van der Waals surface area contributed by atoms with E-state index in [1.54, 1.807) is 11.3 Å². The molecule has 6 nitrogen and oxygen atoms in total. The molecule has 0 atom stereocenters. The van der Waals surface area contributed by atoms with E-state index in [4.69, 9.17) is 0 Å². The number of rotatable bonds is 8. The highest BCUT2D eigenvalue weighted by Gasteiger charge is 2.06. The number of nitrogens with zero attached hydrogens (tertiary/aromatic N) is 4. The SMILES string of the molecule is CCNC(=NCc1nccn1Cc1ccccc1)NCc1ncc(CC)s1.I. The zero-order valence-electron chi connectivity index (χ0n) is 16.3. The lowest BCUT2D eigenvalue weighted by Gasteiger charge is -2.11. The molecule has 1 aromatic carbocycles. The number of halogens is 1. The number of benzene rings is 1. The van der Waals surface area contributed by atoms with E-state index < -0.39 is 0 Å². The largest absolute Gasteiger partial charge is 0.357 e. The summed E-state index contributed by atoms with van der Waals surface area (Å²) in [6.45, 7) is 7.01. The fourth-order valence-corrected chi connectivity index (χ4v) is 3.46. The van der Waals surface area contributed by atoms with Crippen LogP contribution in [-0.2, 0) is 26.1 Å². The summed E-state index contributed by atoms with van der Waals surface area (Å²) in [6, 6.07) is 10.4. The third-order valence-electron chi connectivity index (χ3n) is 4.08. The summed E-state index contributed by atoms with van der Waals surface area (Å²) in [6.07, 6.45) is 6.80. The van der Waals surface area contributed by atoms with Crippen molar-refractivity contribution in [3.05, 3.63) is 70.2 Å². The van der Waals surface area contributed by atoms with Crippen molar-refractivity contribution in [3.8, 4) is 0 Å². The lowest BCUT2D eigenvalue weighted by Crippen LogP contribution is -2.36. The van der Waals surface area contributed by atoms with Crippen LogP contribution in [-0.4, -0.2) is 27.0 Å². The van der Waals surface area contributed by atoms with Gasteiger partial charge in [0.05, 0.1) is 6.54 Å². The molecule has 0 unspecified atom stereocenters. The van der Waals surface area contributed by atoms with Crippen molar-refractivity contribution in [1.29, 1.82) is 0 Å². The molecule has 0 saturated carbocycles. The Balaban J connectivity index is 0.00000280. The number of aryl methyl sites for hydroxylation is 1. The number of imidazole rings is 1. The summed E-state index contributed by atoms with van der Waals surface area (Å²) in [5.74, 6) is 1.72. The molecule has 28 heavy (non-hydrogen) atoms. The van der Waals surface area contributed by atoms with Gasteiger partial charge in [-0.1, -0.05) is 37.3 Å².